The van der Waals surface area contributed by atoms with Gasteiger partial charge in [-0.25, -0.2) is 4.98 Å². The molecule has 7 nitrogen and oxygen atoms in total. The first-order valence-corrected chi connectivity index (χ1v) is 12.2. The van der Waals surface area contributed by atoms with Gasteiger partial charge in [0.05, 0.1) is 0 Å². The van der Waals surface area contributed by atoms with Gasteiger partial charge in [-0.2, -0.15) is 0 Å². The number of aliphatic hydroxyl groups is 1. The van der Waals surface area contributed by atoms with Gasteiger partial charge in [-0.1, -0.05) is 36.5 Å². The summed E-state index contributed by atoms with van der Waals surface area (Å²) in [4.78, 5) is 22.5. The van der Waals surface area contributed by atoms with Crippen LogP contribution in [0.5, 0.6) is 0 Å². The lowest BCUT2D eigenvalue weighted by atomic mass is 10.1. The van der Waals surface area contributed by atoms with Crippen molar-refractivity contribution in [2.45, 2.75) is 19.8 Å². The number of hydrogen-bond donors (Lipinski definition) is 3. The first-order valence-electron chi connectivity index (χ1n) is 11.4. The van der Waals surface area contributed by atoms with Gasteiger partial charge in [-0.15, -0.1) is 0 Å². The van der Waals surface area contributed by atoms with Gasteiger partial charge >= 0.3 is 0 Å². The van der Waals surface area contributed by atoms with Crippen LogP contribution in [-0.4, -0.2) is 60.1 Å². The zero-order valence-electron chi connectivity index (χ0n) is 19.0. The van der Waals surface area contributed by atoms with E-state index < -0.39 is 0 Å². The molecule has 0 unspecified atom stereocenters. The number of rotatable bonds is 9. The molecule has 1 saturated heterocycles. The van der Waals surface area contributed by atoms with E-state index in [-0.39, 0.29) is 18.2 Å². The Hall–Kier alpha value is -2.94. The summed E-state index contributed by atoms with van der Waals surface area (Å²) in [6, 6.07) is 15.9. The van der Waals surface area contributed by atoms with Crippen LogP contribution in [0.4, 0.5) is 22.3 Å². The maximum Gasteiger partial charge on any atom is 0.206 e. The van der Waals surface area contributed by atoms with E-state index in [1.165, 1.54) is 17.0 Å². The molecule has 1 fully saturated rings. The van der Waals surface area contributed by atoms with Crippen LogP contribution in [0.25, 0.3) is 0 Å². The minimum Gasteiger partial charge on any atom is -0.396 e. The minimum atomic E-state index is -0.0955. The van der Waals surface area contributed by atoms with Crippen LogP contribution in [0, 0.1) is 0 Å². The molecule has 1 aliphatic rings. The minimum absolute atomic E-state index is 0.0955. The number of piperazine rings is 1. The second kappa shape index (κ2) is 10.8. The second-order valence-electron chi connectivity index (χ2n) is 8.19. The van der Waals surface area contributed by atoms with E-state index in [4.69, 9.17) is 10.8 Å². The molecule has 33 heavy (non-hydrogen) atoms. The highest BCUT2D eigenvalue weighted by atomic mass is 32.1. The molecule has 0 radical (unpaired) electrons. The van der Waals surface area contributed by atoms with E-state index >= 15 is 0 Å². The molecule has 8 heteroatoms. The van der Waals surface area contributed by atoms with Crippen LogP contribution in [0.3, 0.4) is 0 Å². The quantitative estimate of drug-likeness (QED) is 0.414. The summed E-state index contributed by atoms with van der Waals surface area (Å²) in [7, 11) is 0. The standard InChI is InChI=1S/C25H31N5O2S/c1-2-18-5-3-6-19(17-18)22(32)23-24(26)28-25(33-23)27-20-7-9-21(10-8-20)30-14-12-29(13-15-30)11-4-16-31/h3,5-10,17,31H,2,4,11-16,26H2,1H3,(H,27,28). The molecule has 0 amide bonds. The number of carbonyl (C=O) groups is 1. The first-order chi connectivity index (χ1) is 16.1. The van der Waals surface area contributed by atoms with Crippen LogP contribution in [0.1, 0.15) is 34.1 Å². The average Bonchev–Trinajstić information content (AvgIpc) is 3.22. The number of nitrogen functional groups attached to an aromatic ring is 1. The maximum absolute atomic E-state index is 12.9. The third-order valence-electron chi connectivity index (χ3n) is 5.95. The predicted octanol–water partition coefficient (Wildman–Crippen LogP) is 3.77. The van der Waals surface area contributed by atoms with Crippen molar-refractivity contribution >= 4 is 39.4 Å². The van der Waals surface area contributed by atoms with E-state index in [1.54, 1.807) is 0 Å². The lowest BCUT2D eigenvalue weighted by Crippen LogP contribution is -2.46. The molecule has 3 aromatic rings. The molecule has 0 saturated carbocycles. The zero-order valence-corrected chi connectivity index (χ0v) is 19.8. The molecule has 0 bridgehead atoms. The molecule has 4 N–H and O–H groups in total. The second-order valence-corrected chi connectivity index (χ2v) is 9.19. The maximum atomic E-state index is 12.9. The highest BCUT2D eigenvalue weighted by molar-refractivity contribution is 7.18. The van der Waals surface area contributed by atoms with Crippen molar-refractivity contribution in [1.82, 2.24) is 9.88 Å². The molecule has 1 aromatic heterocycles. The molecular formula is C25H31N5O2S. The third kappa shape index (κ3) is 5.71. The van der Waals surface area contributed by atoms with Gasteiger partial charge in [-0.05, 0) is 48.7 Å². The number of benzene rings is 2. The van der Waals surface area contributed by atoms with Crippen molar-refractivity contribution in [2.75, 3.05) is 55.3 Å². The van der Waals surface area contributed by atoms with Crippen molar-refractivity contribution < 1.29 is 9.90 Å². The van der Waals surface area contributed by atoms with Crippen molar-refractivity contribution in [3.05, 3.63) is 64.5 Å². The fourth-order valence-electron chi connectivity index (χ4n) is 4.01. The number of carbonyl (C=O) groups excluding carboxylic acids is 1. The summed E-state index contributed by atoms with van der Waals surface area (Å²) in [5.74, 6) is 0.159. The summed E-state index contributed by atoms with van der Waals surface area (Å²) in [5, 5.41) is 12.9. The molecule has 174 valence electrons. The highest BCUT2D eigenvalue weighted by Gasteiger charge is 2.19. The Morgan fingerprint density at radius 1 is 1.15 bits per heavy atom. The molecule has 0 spiro atoms. The number of anilines is 4. The van der Waals surface area contributed by atoms with E-state index in [0.717, 1.165) is 56.8 Å². The highest BCUT2D eigenvalue weighted by Crippen LogP contribution is 2.30. The Bertz CT molecular complexity index is 1070. The third-order valence-corrected chi connectivity index (χ3v) is 6.93. The summed E-state index contributed by atoms with van der Waals surface area (Å²) in [6.07, 6.45) is 1.71. The van der Waals surface area contributed by atoms with Crippen LogP contribution in [-0.2, 0) is 6.42 Å². The van der Waals surface area contributed by atoms with Crippen molar-refractivity contribution in [1.29, 1.82) is 0 Å². The van der Waals surface area contributed by atoms with Gasteiger partial charge in [0.15, 0.2) is 5.13 Å². The summed E-state index contributed by atoms with van der Waals surface area (Å²) in [5.41, 5.74) is 9.93. The number of aryl methyl sites for hydroxylation is 1. The lowest BCUT2D eigenvalue weighted by molar-refractivity contribution is 0.104. The van der Waals surface area contributed by atoms with Crippen LogP contribution in [0.2, 0.25) is 0 Å². The predicted molar refractivity (Wildman–Crippen MR) is 136 cm³/mol. The number of nitrogens with one attached hydrogen (secondary N) is 1. The molecule has 1 aliphatic heterocycles. The number of thiazole rings is 1. The Kier molecular flexibility index (Phi) is 7.59. The van der Waals surface area contributed by atoms with Crippen molar-refractivity contribution in [3.63, 3.8) is 0 Å². The molecule has 2 aromatic carbocycles. The molecule has 2 heterocycles. The molecule has 4 rings (SSSR count). The summed E-state index contributed by atoms with van der Waals surface area (Å²) in [6.45, 7) is 7.25. The summed E-state index contributed by atoms with van der Waals surface area (Å²) >= 11 is 1.28. The molecule has 0 atom stereocenters. The Balaban J connectivity index is 1.38. The van der Waals surface area contributed by atoms with E-state index in [9.17, 15) is 4.79 Å². The fraction of sp³-hybridized carbons (Fsp3) is 0.360. The monoisotopic (exact) mass is 465 g/mol. The van der Waals surface area contributed by atoms with E-state index in [0.29, 0.717) is 15.6 Å². The van der Waals surface area contributed by atoms with Gasteiger partial charge in [0.2, 0.25) is 5.78 Å². The smallest absolute Gasteiger partial charge is 0.206 e. The normalized spacial score (nSPS) is 14.4. The Labute approximate surface area is 198 Å². The number of ketones is 1. The Morgan fingerprint density at radius 3 is 2.61 bits per heavy atom. The number of hydrogen-bond acceptors (Lipinski definition) is 8. The van der Waals surface area contributed by atoms with Crippen molar-refractivity contribution in [3.8, 4) is 0 Å². The fourth-order valence-corrected chi connectivity index (χ4v) is 4.88. The van der Waals surface area contributed by atoms with E-state index in [2.05, 4.69) is 39.2 Å². The van der Waals surface area contributed by atoms with Crippen molar-refractivity contribution in [2.24, 2.45) is 0 Å². The van der Waals surface area contributed by atoms with Crippen LogP contribution < -0.4 is 16.0 Å². The molecular weight excluding hydrogens is 434 g/mol. The van der Waals surface area contributed by atoms with Crippen LogP contribution in [0.15, 0.2) is 48.5 Å². The van der Waals surface area contributed by atoms with Gasteiger partial charge in [-0.3, -0.25) is 9.69 Å². The summed E-state index contributed by atoms with van der Waals surface area (Å²) < 4.78 is 0. The van der Waals surface area contributed by atoms with E-state index in [1.807, 2.05) is 36.4 Å². The SMILES string of the molecule is CCc1cccc(C(=O)c2sc(Nc3ccc(N4CCN(CCCO)CC4)cc3)nc2N)c1. The number of nitrogens with two attached hydrogens (primary N) is 1. The number of nitrogens with zero attached hydrogens (tertiary/aromatic N) is 3. The number of aromatic nitrogens is 1. The van der Waals surface area contributed by atoms with Gasteiger partial charge in [0, 0.05) is 56.3 Å². The zero-order chi connectivity index (χ0) is 23.2. The lowest BCUT2D eigenvalue weighted by Gasteiger charge is -2.36. The van der Waals surface area contributed by atoms with Crippen LogP contribution >= 0.6 is 11.3 Å². The largest absolute Gasteiger partial charge is 0.396 e. The average molecular weight is 466 g/mol. The first kappa shape index (κ1) is 23.2. The Morgan fingerprint density at radius 2 is 1.91 bits per heavy atom. The van der Waals surface area contributed by atoms with Gasteiger partial charge in [0.25, 0.3) is 0 Å². The number of aliphatic hydroxyl groups excluding tert-OH is 1. The van der Waals surface area contributed by atoms with Gasteiger partial charge in [0.1, 0.15) is 10.7 Å². The van der Waals surface area contributed by atoms with Gasteiger partial charge < -0.3 is 21.1 Å². The topological polar surface area (TPSA) is 94.7 Å². The molecule has 0 aliphatic carbocycles.